The molecule has 1 rings (SSSR count). The highest BCUT2D eigenvalue weighted by Crippen LogP contribution is 2.14. The summed E-state index contributed by atoms with van der Waals surface area (Å²) in [7, 11) is 0. The molecule has 0 unspecified atom stereocenters. The number of halogens is 1. The van der Waals surface area contributed by atoms with Crippen LogP contribution < -0.4 is 10.6 Å². The molecule has 0 saturated heterocycles. The van der Waals surface area contributed by atoms with E-state index in [4.69, 9.17) is 11.6 Å². The maximum absolute atomic E-state index is 11.0. The molecule has 4 nitrogen and oxygen atoms in total. The van der Waals surface area contributed by atoms with E-state index in [0.29, 0.717) is 11.4 Å². The number of nitrogens with one attached hydrogen (secondary N) is 2. The van der Waals surface area contributed by atoms with Crippen LogP contribution in [0.2, 0.25) is 0 Å². The molecular formula is C10H11ClN2O2. The van der Waals surface area contributed by atoms with Crippen LogP contribution in [0.25, 0.3) is 0 Å². The first-order chi connectivity index (χ1) is 7.11. The second kappa shape index (κ2) is 5.36. The van der Waals surface area contributed by atoms with E-state index in [1.807, 2.05) is 0 Å². The Morgan fingerprint density at radius 1 is 1.27 bits per heavy atom. The molecule has 2 amide bonds. The molecule has 15 heavy (non-hydrogen) atoms. The minimum Gasteiger partial charge on any atom is -0.326 e. The normalized spacial score (nSPS) is 9.47. The van der Waals surface area contributed by atoms with Crippen LogP contribution in [0.1, 0.15) is 6.92 Å². The van der Waals surface area contributed by atoms with Crippen molar-refractivity contribution in [2.24, 2.45) is 0 Å². The van der Waals surface area contributed by atoms with E-state index in [1.54, 1.807) is 24.3 Å². The smallest absolute Gasteiger partial charge is 0.239 e. The van der Waals surface area contributed by atoms with Gasteiger partial charge in [0.2, 0.25) is 11.8 Å². The fourth-order valence-corrected chi connectivity index (χ4v) is 1.14. The minimum absolute atomic E-state index is 0.0929. The number of carbonyl (C=O) groups is 2. The molecule has 0 bridgehead atoms. The fraction of sp³-hybridized carbons (Fsp3) is 0.200. The molecule has 0 atom stereocenters. The Balaban J connectivity index is 2.74. The largest absolute Gasteiger partial charge is 0.326 e. The summed E-state index contributed by atoms with van der Waals surface area (Å²) in [6.45, 7) is 1.42. The number of hydrogen-bond donors (Lipinski definition) is 2. The van der Waals surface area contributed by atoms with E-state index in [1.165, 1.54) is 6.92 Å². The molecule has 0 fully saturated rings. The van der Waals surface area contributed by atoms with Crippen molar-refractivity contribution in [3.05, 3.63) is 24.3 Å². The third kappa shape index (κ3) is 3.99. The summed E-state index contributed by atoms with van der Waals surface area (Å²) in [5.74, 6) is -0.530. The first kappa shape index (κ1) is 11.5. The summed E-state index contributed by atoms with van der Waals surface area (Å²) in [5.41, 5.74) is 1.24. The molecule has 1 aromatic carbocycles. The molecule has 0 saturated carbocycles. The lowest BCUT2D eigenvalue weighted by Gasteiger charge is -2.06. The lowest BCUT2D eigenvalue weighted by atomic mass is 10.2. The molecular weight excluding hydrogens is 216 g/mol. The Morgan fingerprint density at radius 2 is 1.87 bits per heavy atom. The Labute approximate surface area is 92.6 Å². The van der Waals surface area contributed by atoms with Gasteiger partial charge in [0.25, 0.3) is 0 Å². The quantitative estimate of drug-likeness (QED) is 0.773. The van der Waals surface area contributed by atoms with Gasteiger partial charge in [-0.3, -0.25) is 9.59 Å². The van der Waals surface area contributed by atoms with Gasteiger partial charge in [-0.05, 0) is 18.2 Å². The number of hydrogen-bond acceptors (Lipinski definition) is 2. The molecule has 0 radical (unpaired) electrons. The average Bonchev–Trinajstić information content (AvgIpc) is 2.17. The van der Waals surface area contributed by atoms with Crippen molar-refractivity contribution in [1.29, 1.82) is 0 Å². The summed E-state index contributed by atoms with van der Waals surface area (Å²) in [6, 6.07) is 6.84. The number of benzene rings is 1. The van der Waals surface area contributed by atoms with Gasteiger partial charge in [0.15, 0.2) is 0 Å². The van der Waals surface area contributed by atoms with Gasteiger partial charge in [0.05, 0.1) is 0 Å². The van der Waals surface area contributed by atoms with E-state index >= 15 is 0 Å². The van der Waals surface area contributed by atoms with Crippen molar-refractivity contribution >= 4 is 34.8 Å². The zero-order chi connectivity index (χ0) is 11.3. The molecule has 0 aliphatic carbocycles. The van der Waals surface area contributed by atoms with Gasteiger partial charge in [-0.2, -0.15) is 0 Å². The zero-order valence-corrected chi connectivity index (χ0v) is 8.97. The van der Waals surface area contributed by atoms with Gasteiger partial charge in [-0.15, -0.1) is 11.6 Å². The second-order valence-electron chi connectivity index (χ2n) is 2.94. The lowest BCUT2D eigenvalue weighted by molar-refractivity contribution is -0.114. The number of rotatable bonds is 3. The Morgan fingerprint density at radius 3 is 2.40 bits per heavy atom. The zero-order valence-electron chi connectivity index (χ0n) is 8.21. The third-order valence-corrected chi connectivity index (χ3v) is 1.83. The van der Waals surface area contributed by atoms with Crippen molar-refractivity contribution in [1.82, 2.24) is 0 Å². The van der Waals surface area contributed by atoms with Crippen LogP contribution in [0.3, 0.4) is 0 Å². The van der Waals surface area contributed by atoms with Crippen molar-refractivity contribution < 1.29 is 9.59 Å². The van der Waals surface area contributed by atoms with Crippen molar-refractivity contribution in [2.75, 3.05) is 16.5 Å². The van der Waals surface area contributed by atoms with Crippen LogP contribution in [0.4, 0.5) is 11.4 Å². The van der Waals surface area contributed by atoms with E-state index in [-0.39, 0.29) is 17.7 Å². The summed E-state index contributed by atoms with van der Waals surface area (Å²) in [6.07, 6.45) is 0. The van der Waals surface area contributed by atoms with Crippen LogP contribution in [-0.4, -0.2) is 17.7 Å². The van der Waals surface area contributed by atoms with Crippen molar-refractivity contribution in [3.8, 4) is 0 Å². The number of carbonyl (C=O) groups excluding carboxylic acids is 2. The number of anilines is 2. The van der Waals surface area contributed by atoms with Gasteiger partial charge in [-0.1, -0.05) is 6.07 Å². The molecule has 0 aliphatic heterocycles. The van der Waals surface area contributed by atoms with E-state index in [0.717, 1.165) is 0 Å². The standard InChI is InChI=1S/C10H11ClN2O2/c1-7(14)12-8-3-2-4-9(5-8)13-10(15)6-11/h2-5H,6H2,1H3,(H,12,14)(H,13,15). The van der Waals surface area contributed by atoms with Crippen LogP contribution in [0.5, 0.6) is 0 Å². The average molecular weight is 227 g/mol. The minimum atomic E-state index is -0.281. The highest BCUT2D eigenvalue weighted by Gasteiger charge is 2.01. The maximum Gasteiger partial charge on any atom is 0.239 e. The molecule has 0 spiro atoms. The van der Waals surface area contributed by atoms with Crippen molar-refractivity contribution in [3.63, 3.8) is 0 Å². The summed E-state index contributed by atoms with van der Waals surface area (Å²) < 4.78 is 0. The molecule has 0 heterocycles. The van der Waals surface area contributed by atoms with Gasteiger partial charge in [0.1, 0.15) is 5.88 Å². The van der Waals surface area contributed by atoms with Crippen LogP contribution >= 0.6 is 11.6 Å². The predicted molar refractivity (Wildman–Crippen MR) is 60.1 cm³/mol. The van der Waals surface area contributed by atoms with Crippen LogP contribution in [0, 0.1) is 0 Å². The van der Waals surface area contributed by atoms with Crippen LogP contribution in [-0.2, 0) is 9.59 Å². The summed E-state index contributed by atoms with van der Waals surface area (Å²) in [5, 5.41) is 5.20. The lowest BCUT2D eigenvalue weighted by Crippen LogP contribution is -2.13. The molecule has 2 N–H and O–H groups in total. The molecule has 0 aliphatic rings. The Bertz CT molecular complexity index is 379. The van der Waals surface area contributed by atoms with E-state index < -0.39 is 0 Å². The van der Waals surface area contributed by atoms with Crippen LogP contribution in [0.15, 0.2) is 24.3 Å². The predicted octanol–water partition coefficient (Wildman–Crippen LogP) is 1.82. The number of alkyl halides is 1. The highest BCUT2D eigenvalue weighted by molar-refractivity contribution is 6.29. The third-order valence-electron chi connectivity index (χ3n) is 1.59. The molecule has 5 heteroatoms. The molecule has 1 aromatic rings. The van der Waals surface area contributed by atoms with E-state index in [9.17, 15) is 9.59 Å². The Kier molecular flexibility index (Phi) is 4.12. The summed E-state index contributed by atoms with van der Waals surface area (Å²) >= 11 is 5.34. The highest BCUT2D eigenvalue weighted by atomic mass is 35.5. The topological polar surface area (TPSA) is 58.2 Å². The fourth-order valence-electron chi connectivity index (χ4n) is 1.07. The van der Waals surface area contributed by atoms with Gasteiger partial charge >= 0.3 is 0 Å². The Hall–Kier alpha value is -1.55. The van der Waals surface area contributed by atoms with E-state index in [2.05, 4.69) is 10.6 Å². The first-order valence-electron chi connectivity index (χ1n) is 4.35. The maximum atomic E-state index is 11.0. The molecule has 0 aromatic heterocycles. The van der Waals surface area contributed by atoms with Gasteiger partial charge in [-0.25, -0.2) is 0 Å². The number of amides is 2. The molecule has 80 valence electrons. The van der Waals surface area contributed by atoms with Gasteiger partial charge < -0.3 is 10.6 Å². The summed E-state index contributed by atoms with van der Waals surface area (Å²) in [4.78, 5) is 21.8. The monoisotopic (exact) mass is 226 g/mol. The van der Waals surface area contributed by atoms with Crippen molar-refractivity contribution in [2.45, 2.75) is 6.92 Å². The SMILES string of the molecule is CC(=O)Nc1cccc(NC(=O)CCl)c1. The first-order valence-corrected chi connectivity index (χ1v) is 4.88. The van der Waals surface area contributed by atoms with Gasteiger partial charge in [0, 0.05) is 18.3 Å². The second-order valence-corrected chi connectivity index (χ2v) is 3.21.